The second-order valence-electron chi connectivity index (χ2n) is 15.0. The van der Waals surface area contributed by atoms with Crippen LogP contribution in [0.1, 0.15) is 105 Å². The number of fused-ring (bicyclic) bond motifs is 5. The van der Waals surface area contributed by atoms with Crippen LogP contribution in [0.3, 0.4) is 0 Å². The highest BCUT2D eigenvalue weighted by molar-refractivity contribution is 5.25. The fraction of sp³-hybridized carbons (Fsp3) is 0.939. The van der Waals surface area contributed by atoms with Gasteiger partial charge in [-0.25, -0.2) is 0 Å². The number of ether oxygens (including phenoxy) is 2. The average Bonchev–Trinajstić information content (AvgIpc) is 3.26. The zero-order valence-corrected chi connectivity index (χ0v) is 25.1. The van der Waals surface area contributed by atoms with Gasteiger partial charge >= 0.3 is 0 Å². The molecule has 0 aromatic rings. The van der Waals surface area contributed by atoms with E-state index in [0.29, 0.717) is 5.41 Å². The maximum Gasteiger partial charge on any atom is 0.186 e. The maximum absolute atomic E-state index is 10.5. The summed E-state index contributed by atoms with van der Waals surface area (Å²) in [6.45, 7) is 12.0. The zero-order valence-electron chi connectivity index (χ0n) is 25.1. The summed E-state index contributed by atoms with van der Waals surface area (Å²) in [4.78, 5) is 0. The van der Waals surface area contributed by atoms with Crippen LogP contribution >= 0.6 is 0 Å². The molecular weight excluding hydrogens is 492 g/mol. The fourth-order valence-electron chi connectivity index (χ4n) is 10.1. The SMILES string of the molecule is CC(C)CCC[C@@H](C)[C@H]1CCC2C3CC=C4CC(O[C@H]5O[C@H](CO)[C@H](O)[C@H](O)[C@@H]5O)CC[C@]4(C)C3CC[C@@]21C. The summed E-state index contributed by atoms with van der Waals surface area (Å²) in [5, 5.41) is 40.3. The van der Waals surface area contributed by atoms with Gasteiger partial charge in [0.2, 0.25) is 0 Å². The Morgan fingerprint density at radius 2 is 1.72 bits per heavy atom. The van der Waals surface area contributed by atoms with E-state index in [1.807, 2.05) is 0 Å². The molecule has 0 aromatic heterocycles. The first kappa shape index (κ1) is 30.0. The van der Waals surface area contributed by atoms with Gasteiger partial charge in [-0.1, -0.05) is 65.5 Å². The Hall–Kier alpha value is -0.500. The van der Waals surface area contributed by atoms with Gasteiger partial charge in [-0.3, -0.25) is 0 Å². The molecule has 6 nitrogen and oxygen atoms in total. The van der Waals surface area contributed by atoms with Gasteiger partial charge in [0, 0.05) is 0 Å². The first-order valence-electron chi connectivity index (χ1n) is 16.1. The van der Waals surface area contributed by atoms with E-state index in [0.717, 1.165) is 54.8 Å². The lowest BCUT2D eigenvalue weighted by atomic mass is 9.47. The van der Waals surface area contributed by atoms with E-state index in [9.17, 15) is 20.4 Å². The Labute approximate surface area is 236 Å². The Morgan fingerprint density at radius 1 is 0.949 bits per heavy atom. The minimum atomic E-state index is -1.39. The number of aliphatic hydroxyl groups is 4. The lowest BCUT2D eigenvalue weighted by Crippen LogP contribution is -2.60. The normalized spacial score (nSPS) is 48.7. The molecule has 0 spiro atoms. The molecule has 4 unspecified atom stereocenters. The molecular formula is C33H56O6. The second-order valence-corrected chi connectivity index (χ2v) is 15.0. The molecule has 0 aromatic carbocycles. The minimum Gasteiger partial charge on any atom is -0.394 e. The molecule has 6 heteroatoms. The van der Waals surface area contributed by atoms with Crippen molar-refractivity contribution in [2.75, 3.05) is 6.61 Å². The fourth-order valence-corrected chi connectivity index (χ4v) is 10.1. The topological polar surface area (TPSA) is 99.4 Å². The largest absolute Gasteiger partial charge is 0.394 e. The van der Waals surface area contributed by atoms with E-state index < -0.39 is 37.3 Å². The number of allylic oxidation sites excluding steroid dienone is 1. The number of rotatable bonds is 8. The molecule has 13 atom stereocenters. The Morgan fingerprint density at radius 3 is 2.44 bits per heavy atom. The van der Waals surface area contributed by atoms with Crippen molar-refractivity contribution in [2.24, 2.45) is 46.3 Å². The van der Waals surface area contributed by atoms with Crippen LogP contribution in [-0.4, -0.2) is 63.8 Å². The summed E-state index contributed by atoms with van der Waals surface area (Å²) in [5.41, 5.74) is 2.20. The van der Waals surface area contributed by atoms with E-state index in [1.54, 1.807) is 0 Å². The van der Waals surface area contributed by atoms with E-state index in [2.05, 4.69) is 40.7 Å². The molecule has 1 aliphatic heterocycles. The van der Waals surface area contributed by atoms with E-state index in [4.69, 9.17) is 9.47 Å². The van der Waals surface area contributed by atoms with Gasteiger partial charge in [-0.05, 0) is 97.7 Å². The molecule has 0 amide bonds. The average molecular weight is 549 g/mol. The van der Waals surface area contributed by atoms with Crippen LogP contribution in [0.4, 0.5) is 0 Å². The third kappa shape index (κ3) is 5.41. The van der Waals surface area contributed by atoms with E-state index >= 15 is 0 Å². The number of hydrogen-bond acceptors (Lipinski definition) is 6. The first-order chi connectivity index (χ1) is 18.5. The van der Waals surface area contributed by atoms with Gasteiger partial charge in [0.25, 0.3) is 0 Å². The van der Waals surface area contributed by atoms with Crippen LogP contribution in [0.25, 0.3) is 0 Å². The van der Waals surface area contributed by atoms with Gasteiger partial charge < -0.3 is 29.9 Å². The van der Waals surface area contributed by atoms with Crippen molar-refractivity contribution < 1.29 is 29.9 Å². The van der Waals surface area contributed by atoms with Crippen molar-refractivity contribution in [3.05, 3.63) is 11.6 Å². The molecule has 4 N–H and O–H groups in total. The summed E-state index contributed by atoms with van der Waals surface area (Å²) in [5.74, 6) is 4.87. The summed E-state index contributed by atoms with van der Waals surface area (Å²) in [6, 6.07) is 0. The van der Waals surface area contributed by atoms with Crippen molar-refractivity contribution in [1.29, 1.82) is 0 Å². The van der Waals surface area contributed by atoms with Gasteiger partial charge in [0.1, 0.15) is 24.4 Å². The minimum absolute atomic E-state index is 0.0984. The van der Waals surface area contributed by atoms with Crippen LogP contribution in [0, 0.1) is 46.3 Å². The lowest BCUT2D eigenvalue weighted by Gasteiger charge is -2.58. The Bertz CT molecular complexity index is 872. The van der Waals surface area contributed by atoms with Crippen LogP contribution in [0.2, 0.25) is 0 Å². The summed E-state index contributed by atoms with van der Waals surface area (Å²) in [6.07, 6.45) is 9.98. The molecule has 3 saturated carbocycles. The maximum atomic E-state index is 10.5. The molecule has 0 bridgehead atoms. The van der Waals surface area contributed by atoms with Gasteiger partial charge in [0.15, 0.2) is 6.29 Å². The van der Waals surface area contributed by atoms with Crippen LogP contribution in [-0.2, 0) is 9.47 Å². The van der Waals surface area contributed by atoms with Crippen LogP contribution < -0.4 is 0 Å². The van der Waals surface area contributed by atoms with Crippen LogP contribution in [0.5, 0.6) is 0 Å². The van der Waals surface area contributed by atoms with Crippen molar-refractivity contribution in [1.82, 2.24) is 0 Å². The highest BCUT2D eigenvalue weighted by atomic mass is 16.7. The Balaban J connectivity index is 1.24. The third-order valence-electron chi connectivity index (χ3n) is 12.4. The standard InChI is InChI=1S/C33H56O6/c1-19(2)7-6-8-20(3)24-11-12-25-23-10-9-21-17-22(13-15-32(21,4)26(23)14-16-33(24,25)5)38-31-30(37)29(36)28(35)27(18-34)39-31/h9,19-20,22-31,34-37H,6-8,10-18H2,1-5H3/t20-,22?,23?,24-,25?,26?,27-,28+,29+,30+,31+,32+,33-/m1/s1. The number of aliphatic hydroxyl groups excluding tert-OH is 4. The first-order valence-corrected chi connectivity index (χ1v) is 16.1. The monoisotopic (exact) mass is 548 g/mol. The molecule has 5 rings (SSSR count). The molecule has 224 valence electrons. The molecule has 4 aliphatic carbocycles. The van der Waals surface area contributed by atoms with Crippen molar-refractivity contribution >= 4 is 0 Å². The smallest absolute Gasteiger partial charge is 0.186 e. The highest BCUT2D eigenvalue weighted by Crippen LogP contribution is 2.67. The third-order valence-corrected chi connectivity index (χ3v) is 12.4. The van der Waals surface area contributed by atoms with E-state index in [1.165, 1.54) is 56.9 Å². The van der Waals surface area contributed by atoms with Crippen molar-refractivity contribution in [3.8, 4) is 0 Å². The summed E-state index contributed by atoms with van der Waals surface area (Å²) >= 11 is 0. The highest BCUT2D eigenvalue weighted by Gasteiger charge is 2.59. The summed E-state index contributed by atoms with van der Waals surface area (Å²) < 4.78 is 11.9. The summed E-state index contributed by atoms with van der Waals surface area (Å²) in [7, 11) is 0. The predicted molar refractivity (Wildman–Crippen MR) is 152 cm³/mol. The molecule has 39 heavy (non-hydrogen) atoms. The molecule has 4 fully saturated rings. The van der Waals surface area contributed by atoms with Crippen LogP contribution in [0.15, 0.2) is 11.6 Å². The van der Waals surface area contributed by atoms with E-state index in [-0.39, 0.29) is 11.5 Å². The van der Waals surface area contributed by atoms with Gasteiger partial charge in [-0.2, -0.15) is 0 Å². The second kappa shape index (κ2) is 11.6. The molecule has 5 aliphatic rings. The Kier molecular flexibility index (Phi) is 8.95. The van der Waals surface area contributed by atoms with Crippen molar-refractivity contribution in [3.63, 3.8) is 0 Å². The zero-order chi connectivity index (χ0) is 28.1. The van der Waals surface area contributed by atoms with Gasteiger partial charge in [0.05, 0.1) is 12.7 Å². The van der Waals surface area contributed by atoms with Crippen molar-refractivity contribution in [2.45, 2.75) is 142 Å². The quantitative estimate of drug-likeness (QED) is 0.311. The number of hydrogen-bond donors (Lipinski definition) is 4. The lowest BCUT2D eigenvalue weighted by molar-refractivity contribution is -0.313. The predicted octanol–water partition coefficient (Wildman–Crippen LogP) is 5.21. The molecule has 1 heterocycles. The molecule has 1 saturated heterocycles. The molecule has 0 radical (unpaired) electrons. The van der Waals surface area contributed by atoms with Gasteiger partial charge in [-0.15, -0.1) is 0 Å².